The van der Waals surface area contributed by atoms with Crippen molar-refractivity contribution in [1.29, 1.82) is 0 Å². The number of benzene rings is 4. The first-order chi connectivity index (χ1) is 12.1. The molecular formula is C22H16F2O. The molecule has 0 heterocycles. The van der Waals surface area contributed by atoms with E-state index < -0.39 is 5.82 Å². The second kappa shape index (κ2) is 5.85. The van der Waals surface area contributed by atoms with E-state index in [1.807, 2.05) is 48.5 Å². The third-order valence-electron chi connectivity index (χ3n) is 4.66. The summed E-state index contributed by atoms with van der Waals surface area (Å²) in [4.78, 5) is 0. The van der Waals surface area contributed by atoms with Crippen molar-refractivity contribution < 1.29 is 13.5 Å². The van der Waals surface area contributed by atoms with Crippen LogP contribution in [0.4, 0.5) is 8.78 Å². The Morgan fingerprint density at radius 2 is 1.24 bits per heavy atom. The average molecular weight is 334 g/mol. The highest BCUT2D eigenvalue weighted by Gasteiger charge is 2.21. The van der Waals surface area contributed by atoms with Crippen molar-refractivity contribution in [2.24, 2.45) is 0 Å². The lowest BCUT2D eigenvalue weighted by atomic mass is 9.89. The Kier molecular flexibility index (Phi) is 3.65. The first-order valence-corrected chi connectivity index (χ1v) is 8.05. The molecule has 1 nitrogen and oxygen atoms in total. The summed E-state index contributed by atoms with van der Waals surface area (Å²) in [6.07, 6.45) is 0. The summed E-state index contributed by atoms with van der Waals surface area (Å²) in [6.45, 7) is 1.72. The molecule has 0 aromatic heterocycles. The van der Waals surface area contributed by atoms with Gasteiger partial charge in [0.1, 0.15) is 5.82 Å². The van der Waals surface area contributed by atoms with E-state index in [0.29, 0.717) is 16.7 Å². The third kappa shape index (κ3) is 2.35. The van der Waals surface area contributed by atoms with Crippen molar-refractivity contribution in [2.45, 2.75) is 6.92 Å². The second-order valence-corrected chi connectivity index (χ2v) is 6.07. The molecule has 0 aliphatic carbocycles. The summed E-state index contributed by atoms with van der Waals surface area (Å²) in [5.41, 5.74) is 1.74. The van der Waals surface area contributed by atoms with Gasteiger partial charge in [-0.25, -0.2) is 8.78 Å². The molecule has 0 amide bonds. The number of fused-ring (bicyclic) bond motifs is 2. The Hall–Kier alpha value is -2.94. The van der Waals surface area contributed by atoms with Gasteiger partial charge in [0, 0.05) is 5.56 Å². The third-order valence-corrected chi connectivity index (χ3v) is 4.66. The number of halogens is 2. The monoisotopic (exact) mass is 334 g/mol. The molecule has 0 atom stereocenters. The molecule has 0 saturated heterocycles. The lowest BCUT2D eigenvalue weighted by Gasteiger charge is -2.18. The van der Waals surface area contributed by atoms with Crippen LogP contribution in [0, 0.1) is 18.6 Å². The van der Waals surface area contributed by atoms with Crippen LogP contribution in [0.3, 0.4) is 0 Å². The minimum atomic E-state index is -0.455. The molecule has 0 aliphatic rings. The maximum atomic E-state index is 14.7. The van der Waals surface area contributed by atoms with E-state index in [4.69, 9.17) is 4.74 Å². The molecule has 0 spiro atoms. The van der Waals surface area contributed by atoms with Gasteiger partial charge in [0.15, 0.2) is 11.6 Å². The van der Waals surface area contributed by atoms with E-state index in [0.717, 1.165) is 21.5 Å². The lowest BCUT2D eigenvalue weighted by Crippen LogP contribution is -1.98. The fourth-order valence-corrected chi connectivity index (χ4v) is 3.48. The van der Waals surface area contributed by atoms with Crippen LogP contribution in [0.1, 0.15) is 5.56 Å². The van der Waals surface area contributed by atoms with Crippen molar-refractivity contribution in [3.05, 3.63) is 77.9 Å². The molecule has 4 aromatic rings. The lowest BCUT2D eigenvalue weighted by molar-refractivity contribution is 0.389. The highest BCUT2D eigenvalue weighted by Crippen LogP contribution is 2.44. The Morgan fingerprint density at radius 1 is 0.720 bits per heavy atom. The summed E-state index contributed by atoms with van der Waals surface area (Å²) >= 11 is 0. The van der Waals surface area contributed by atoms with Crippen LogP contribution < -0.4 is 4.74 Å². The van der Waals surface area contributed by atoms with Crippen LogP contribution in [-0.2, 0) is 0 Å². The largest absolute Gasteiger partial charge is 0.493 e. The Labute approximate surface area is 144 Å². The van der Waals surface area contributed by atoms with E-state index in [9.17, 15) is 8.78 Å². The van der Waals surface area contributed by atoms with Gasteiger partial charge in [-0.3, -0.25) is 0 Å². The highest BCUT2D eigenvalue weighted by atomic mass is 19.1. The summed E-state index contributed by atoms with van der Waals surface area (Å²) in [7, 11) is 1.44. The van der Waals surface area contributed by atoms with Gasteiger partial charge in [0.25, 0.3) is 0 Å². The molecule has 0 fully saturated rings. The second-order valence-electron chi connectivity index (χ2n) is 6.07. The Morgan fingerprint density at radius 3 is 1.84 bits per heavy atom. The Balaban J connectivity index is 2.27. The van der Waals surface area contributed by atoms with Gasteiger partial charge in [0.05, 0.1) is 7.11 Å². The predicted molar refractivity (Wildman–Crippen MR) is 98.1 cm³/mol. The molecule has 0 bridgehead atoms. The minimum absolute atomic E-state index is 0.137. The zero-order valence-corrected chi connectivity index (χ0v) is 13.9. The standard InChI is InChI=1S/C22H16F2O/c1-13-18(23)11-14-7-3-5-9-16(14)20(13)21-17-10-6-4-8-15(17)12-19(24)22(21)25-2/h3-12H,1-2H3. The fraction of sp³-hybridized carbons (Fsp3) is 0.0909. The summed E-state index contributed by atoms with van der Waals surface area (Å²) < 4.78 is 34.7. The van der Waals surface area contributed by atoms with Crippen molar-refractivity contribution in [3.63, 3.8) is 0 Å². The van der Waals surface area contributed by atoms with Gasteiger partial charge >= 0.3 is 0 Å². The van der Waals surface area contributed by atoms with Crippen LogP contribution in [0.15, 0.2) is 60.7 Å². The first kappa shape index (κ1) is 15.6. The highest BCUT2D eigenvalue weighted by molar-refractivity contribution is 6.08. The average Bonchev–Trinajstić information content (AvgIpc) is 2.62. The van der Waals surface area contributed by atoms with Crippen molar-refractivity contribution >= 4 is 21.5 Å². The fourth-order valence-electron chi connectivity index (χ4n) is 3.48. The molecular weight excluding hydrogens is 318 g/mol. The van der Waals surface area contributed by atoms with E-state index in [-0.39, 0.29) is 11.6 Å². The van der Waals surface area contributed by atoms with Gasteiger partial charge in [-0.1, -0.05) is 48.5 Å². The number of hydrogen-bond acceptors (Lipinski definition) is 1. The van der Waals surface area contributed by atoms with E-state index in [1.54, 1.807) is 6.92 Å². The minimum Gasteiger partial charge on any atom is -0.493 e. The molecule has 0 aliphatic heterocycles. The quantitative estimate of drug-likeness (QED) is 0.421. The maximum absolute atomic E-state index is 14.7. The van der Waals surface area contributed by atoms with Gasteiger partial charge in [-0.2, -0.15) is 0 Å². The zero-order valence-electron chi connectivity index (χ0n) is 13.9. The van der Waals surface area contributed by atoms with E-state index in [1.165, 1.54) is 19.2 Å². The van der Waals surface area contributed by atoms with Crippen LogP contribution in [0.5, 0.6) is 5.75 Å². The number of rotatable bonds is 2. The van der Waals surface area contributed by atoms with Gasteiger partial charge in [0.2, 0.25) is 0 Å². The molecule has 4 rings (SSSR count). The van der Waals surface area contributed by atoms with Crippen LogP contribution in [0.2, 0.25) is 0 Å². The first-order valence-electron chi connectivity index (χ1n) is 8.05. The molecule has 25 heavy (non-hydrogen) atoms. The molecule has 3 heteroatoms. The van der Waals surface area contributed by atoms with E-state index >= 15 is 0 Å². The van der Waals surface area contributed by atoms with E-state index in [2.05, 4.69) is 0 Å². The predicted octanol–water partition coefficient (Wildman–Crippen LogP) is 6.26. The van der Waals surface area contributed by atoms with Crippen LogP contribution in [0.25, 0.3) is 32.7 Å². The Bertz CT molecular complexity index is 1120. The van der Waals surface area contributed by atoms with Gasteiger partial charge in [-0.05, 0) is 51.7 Å². The molecule has 0 radical (unpaired) electrons. The molecule has 0 saturated carbocycles. The summed E-state index contributed by atoms with van der Waals surface area (Å²) in [6, 6.07) is 18.0. The van der Waals surface area contributed by atoms with Gasteiger partial charge < -0.3 is 4.74 Å². The molecule has 0 unspecified atom stereocenters. The zero-order chi connectivity index (χ0) is 17.6. The molecule has 4 aromatic carbocycles. The molecule has 0 N–H and O–H groups in total. The summed E-state index contributed by atoms with van der Waals surface area (Å²) in [5.74, 6) is -0.634. The summed E-state index contributed by atoms with van der Waals surface area (Å²) in [5, 5.41) is 3.23. The maximum Gasteiger partial charge on any atom is 0.166 e. The number of ether oxygens (including phenoxy) is 1. The van der Waals surface area contributed by atoms with Crippen molar-refractivity contribution in [3.8, 4) is 16.9 Å². The SMILES string of the molecule is COc1c(F)cc2ccccc2c1-c1c(C)c(F)cc2ccccc12. The normalized spacial score (nSPS) is 11.2. The molecule has 124 valence electrons. The topological polar surface area (TPSA) is 9.23 Å². The van der Waals surface area contributed by atoms with Crippen LogP contribution in [-0.4, -0.2) is 7.11 Å². The van der Waals surface area contributed by atoms with Crippen molar-refractivity contribution in [2.75, 3.05) is 7.11 Å². The smallest absolute Gasteiger partial charge is 0.166 e. The van der Waals surface area contributed by atoms with Crippen LogP contribution >= 0.6 is 0 Å². The van der Waals surface area contributed by atoms with Gasteiger partial charge in [-0.15, -0.1) is 0 Å². The number of methoxy groups -OCH3 is 1. The van der Waals surface area contributed by atoms with Crippen molar-refractivity contribution in [1.82, 2.24) is 0 Å². The number of hydrogen-bond donors (Lipinski definition) is 0.